The summed E-state index contributed by atoms with van der Waals surface area (Å²) in [6.07, 6.45) is 1.04. The molecular formula is C13H16BrFN2O3S. The van der Waals surface area contributed by atoms with Crippen molar-refractivity contribution >= 4 is 31.9 Å². The Morgan fingerprint density at radius 2 is 2.10 bits per heavy atom. The summed E-state index contributed by atoms with van der Waals surface area (Å²) in [4.78, 5) is 13.0. The lowest BCUT2D eigenvalue weighted by atomic mass is 10.2. The Labute approximate surface area is 131 Å². The van der Waals surface area contributed by atoms with Crippen LogP contribution in [0.4, 0.5) is 4.39 Å². The summed E-state index contributed by atoms with van der Waals surface area (Å²) in [6, 6.07) is 2.31. The Morgan fingerprint density at radius 3 is 2.57 bits per heavy atom. The first-order valence-electron chi connectivity index (χ1n) is 6.38. The van der Waals surface area contributed by atoms with Gasteiger partial charge in [0.1, 0.15) is 4.90 Å². The van der Waals surface area contributed by atoms with Crippen molar-refractivity contribution in [1.82, 2.24) is 4.90 Å². The van der Waals surface area contributed by atoms with Crippen LogP contribution in [-0.2, 0) is 10.0 Å². The van der Waals surface area contributed by atoms with E-state index in [2.05, 4.69) is 22.9 Å². The van der Waals surface area contributed by atoms with E-state index >= 15 is 0 Å². The lowest BCUT2D eigenvalue weighted by Crippen LogP contribution is -2.30. The number of nitrogens with two attached hydrogens (primary N) is 1. The van der Waals surface area contributed by atoms with Crippen LogP contribution in [0, 0.1) is 17.7 Å². The summed E-state index contributed by atoms with van der Waals surface area (Å²) >= 11 is 3.07. The van der Waals surface area contributed by atoms with Gasteiger partial charge < -0.3 is 4.90 Å². The highest BCUT2D eigenvalue weighted by Crippen LogP contribution is 2.38. The Bertz CT molecular complexity index is 693. The van der Waals surface area contributed by atoms with Crippen molar-refractivity contribution in [1.29, 1.82) is 0 Å². The van der Waals surface area contributed by atoms with E-state index in [9.17, 15) is 17.6 Å². The van der Waals surface area contributed by atoms with Gasteiger partial charge in [-0.05, 0) is 30.4 Å². The molecule has 1 aromatic carbocycles. The maximum absolute atomic E-state index is 14.3. The Hall–Kier alpha value is -0.990. The molecule has 0 heterocycles. The SMILES string of the molecule is CC1CC1CN(C)C(=O)c1cc(Br)cc(S(N)(=O)=O)c1F. The minimum absolute atomic E-state index is 0.282. The van der Waals surface area contributed by atoms with E-state index in [0.29, 0.717) is 18.4 Å². The van der Waals surface area contributed by atoms with E-state index in [0.717, 1.165) is 12.5 Å². The van der Waals surface area contributed by atoms with Crippen molar-refractivity contribution in [3.05, 3.63) is 28.0 Å². The van der Waals surface area contributed by atoms with Gasteiger partial charge >= 0.3 is 0 Å². The number of nitrogens with zero attached hydrogens (tertiary/aromatic N) is 1. The van der Waals surface area contributed by atoms with Crippen LogP contribution in [0.3, 0.4) is 0 Å². The molecule has 0 aliphatic heterocycles. The van der Waals surface area contributed by atoms with E-state index in [1.54, 1.807) is 7.05 Å². The smallest absolute Gasteiger partial charge is 0.256 e. The molecule has 0 aromatic heterocycles. The quantitative estimate of drug-likeness (QED) is 0.869. The molecular weight excluding hydrogens is 363 g/mol. The van der Waals surface area contributed by atoms with Gasteiger partial charge in [-0.3, -0.25) is 4.79 Å². The van der Waals surface area contributed by atoms with Crippen LogP contribution in [0.2, 0.25) is 0 Å². The molecule has 2 unspecified atom stereocenters. The van der Waals surface area contributed by atoms with Crippen molar-refractivity contribution < 1.29 is 17.6 Å². The summed E-state index contributed by atoms with van der Waals surface area (Å²) in [5.74, 6) is -0.682. The number of hydrogen-bond donors (Lipinski definition) is 1. The third-order valence-electron chi connectivity index (χ3n) is 3.67. The van der Waals surface area contributed by atoms with Gasteiger partial charge in [-0.1, -0.05) is 22.9 Å². The number of sulfonamides is 1. The monoisotopic (exact) mass is 378 g/mol. The molecule has 116 valence electrons. The van der Waals surface area contributed by atoms with Crippen LogP contribution in [-0.4, -0.2) is 32.8 Å². The van der Waals surface area contributed by atoms with E-state index in [1.807, 2.05) is 0 Å². The minimum atomic E-state index is -4.23. The van der Waals surface area contributed by atoms with Crippen LogP contribution in [0.1, 0.15) is 23.7 Å². The van der Waals surface area contributed by atoms with Crippen molar-refractivity contribution in [3.8, 4) is 0 Å². The van der Waals surface area contributed by atoms with Crippen LogP contribution in [0.15, 0.2) is 21.5 Å². The lowest BCUT2D eigenvalue weighted by Gasteiger charge is -2.18. The van der Waals surface area contributed by atoms with Gasteiger partial charge in [0.25, 0.3) is 5.91 Å². The van der Waals surface area contributed by atoms with Gasteiger partial charge in [0, 0.05) is 18.1 Å². The average molecular weight is 379 g/mol. The lowest BCUT2D eigenvalue weighted by molar-refractivity contribution is 0.0781. The predicted molar refractivity (Wildman–Crippen MR) is 79.7 cm³/mol. The molecule has 0 radical (unpaired) electrons. The second-order valence-corrected chi connectivity index (χ2v) is 7.91. The van der Waals surface area contributed by atoms with Gasteiger partial charge in [-0.2, -0.15) is 0 Å². The molecule has 1 fully saturated rings. The Morgan fingerprint density at radius 1 is 1.52 bits per heavy atom. The van der Waals surface area contributed by atoms with E-state index in [4.69, 9.17) is 5.14 Å². The third kappa shape index (κ3) is 3.61. The highest BCUT2D eigenvalue weighted by molar-refractivity contribution is 9.10. The molecule has 5 nitrogen and oxygen atoms in total. The number of rotatable bonds is 4. The molecule has 8 heteroatoms. The zero-order valence-electron chi connectivity index (χ0n) is 11.6. The average Bonchev–Trinajstić information content (AvgIpc) is 3.05. The number of carbonyl (C=O) groups excluding carboxylic acids is 1. The van der Waals surface area contributed by atoms with Crippen molar-refractivity contribution in [2.75, 3.05) is 13.6 Å². The summed E-state index contributed by atoms with van der Waals surface area (Å²) in [5, 5.41) is 4.97. The Balaban J connectivity index is 2.34. The van der Waals surface area contributed by atoms with Crippen LogP contribution in [0.25, 0.3) is 0 Å². The minimum Gasteiger partial charge on any atom is -0.341 e. The first-order valence-corrected chi connectivity index (χ1v) is 8.72. The maximum atomic E-state index is 14.3. The third-order valence-corrected chi connectivity index (χ3v) is 5.04. The summed E-state index contributed by atoms with van der Waals surface area (Å²) in [7, 11) is -2.66. The zero-order valence-corrected chi connectivity index (χ0v) is 14.0. The molecule has 1 aliphatic rings. The van der Waals surface area contributed by atoms with Crippen molar-refractivity contribution in [2.45, 2.75) is 18.2 Å². The largest absolute Gasteiger partial charge is 0.341 e. The molecule has 21 heavy (non-hydrogen) atoms. The van der Waals surface area contributed by atoms with E-state index in [1.165, 1.54) is 11.0 Å². The molecule has 1 amide bonds. The Kier molecular flexibility index (Phi) is 4.41. The number of primary sulfonamides is 1. The van der Waals surface area contributed by atoms with Crippen molar-refractivity contribution in [3.63, 3.8) is 0 Å². The second-order valence-electron chi connectivity index (χ2n) is 5.47. The highest BCUT2D eigenvalue weighted by Gasteiger charge is 2.35. The first-order chi connectivity index (χ1) is 9.61. The molecule has 1 aliphatic carbocycles. The fourth-order valence-electron chi connectivity index (χ4n) is 2.22. The molecule has 2 N–H and O–H groups in total. The fraction of sp³-hybridized carbons (Fsp3) is 0.462. The number of halogens is 2. The summed E-state index contributed by atoms with van der Waals surface area (Å²) < 4.78 is 37.3. The predicted octanol–water partition coefficient (Wildman–Crippen LogP) is 1.96. The molecule has 1 aromatic rings. The summed E-state index contributed by atoms with van der Waals surface area (Å²) in [5.41, 5.74) is -0.302. The maximum Gasteiger partial charge on any atom is 0.256 e. The van der Waals surface area contributed by atoms with Crippen LogP contribution >= 0.6 is 15.9 Å². The normalized spacial score (nSPS) is 21.2. The molecule has 0 saturated heterocycles. The van der Waals surface area contributed by atoms with Gasteiger partial charge in [0.15, 0.2) is 5.82 Å². The van der Waals surface area contributed by atoms with Crippen LogP contribution in [0.5, 0.6) is 0 Å². The van der Waals surface area contributed by atoms with Crippen molar-refractivity contribution in [2.24, 2.45) is 17.0 Å². The molecule has 2 rings (SSSR count). The molecule has 0 bridgehead atoms. The van der Waals surface area contributed by atoms with Gasteiger partial charge in [0.2, 0.25) is 10.0 Å². The topological polar surface area (TPSA) is 80.5 Å². The number of hydrogen-bond acceptors (Lipinski definition) is 3. The van der Waals surface area contributed by atoms with Gasteiger partial charge in [0.05, 0.1) is 5.56 Å². The standard InChI is InChI=1S/C13H16BrFN2O3S/c1-7-3-8(7)6-17(2)13(18)10-4-9(14)5-11(12(10)15)21(16,19)20/h4-5,7-8H,3,6H2,1-2H3,(H2,16,19,20). The number of amides is 1. The van der Waals surface area contributed by atoms with Gasteiger partial charge in [-0.15, -0.1) is 0 Å². The fourth-order valence-corrected chi connectivity index (χ4v) is 3.48. The number of benzene rings is 1. The highest BCUT2D eigenvalue weighted by atomic mass is 79.9. The summed E-state index contributed by atoms with van der Waals surface area (Å²) in [6.45, 7) is 2.61. The first kappa shape index (κ1) is 16.4. The van der Waals surface area contributed by atoms with Crippen LogP contribution < -0.4 is 5.14 Å². The molecule has 1 saturated carbocycles. The molecule has 2 atom stereocenters. The van der Waals surface area contributed by atoms with E-state index in [-0.39, 0.29) is 10.0 Å². The number of carbonyl (C=O) groups is 1. The second kappa shape index (κ2) is 5.66. The van der Waals surface area contributed by atoms with E-state index < -0.39 is 26.6 Å². The molecule has 0 spiro atoms. The zero-order chi connectivity index (χ0) is 15.9. The van der Waals surface area contributed by atoms with Gasteiger partial charge in [-0.25, -0.2) is 17.9 Å².